The van der Waals surface area contributed by atoms with Crippen LogP contribution in [0, 0.1) is 24.0 Å². The van der Waals surface area contributed by atoms with Gasteiger partial charge in [-0.25, -0.2) is 4.79 Å². The number of aryl methyl sites for hydroxylation is 2. The monoisotopic (exact) mass is 397 g/mol. The summed E-state index contributed by atoms with van der Waals surface area (Å²) in [6.07, 6.45) is 1.94. The van der Waals surface area contributed by atoms with E-state index in [0.29, 0.717) is 11.3 Å². The van der Waals surface area contributed by atoms with Crippen molar-refractivity contribution in [2.24, 2.45) is 0 Å². The number of nitrogens with zero attached hydrogens (tertiary/aromatic N) is 2. The Morgan fingerprint density at radius 3 is 2.38 bits per heavy atom. The summed E-state index contributed by atoms with van der Waals surface area (Å²) in [5.74, 6) is -1.88. The molecule has 0 radical (unpaired) electrons. The molecule has 2 aromatic rings. The summed E-state index contributed by atoms with van der Waals surface area (Å²) in [6, 6.07) is 8.18. The first-order valence-corrected chi connectivity index (χ1v) is 9.42. The number of rotatable bonds is 6. The molecule has 3 rings (SSSR count). The minimum Gasteiger partial charge on any atom is -0.479 e. The van der Waals surface area contributed by atoms with E-state index in [-0.39, 0.29) is 11.3 Å². The molecule has 1 heterocycles. The Labute approximate surface area is 168 Å². The zero-order valence-corrected chi connectivity index (χ0v) is 16.3. The summed E-state index contributed by atoms with van der Waals surface area (Å²) in [4.78, 5) is 37.4. The fourth-order valence-corrected chi connectivity index (χ4v) is 3.48. The fourth-order valence-electron chi connectivity index (χ4n) is 3.48. The summed E-state index contributed by atoms with van der Waals surface area (Å²) in [7, 11) is 0. The van der Waals surface area contributed by atoms with Crippen molar-refractivity contribution < 1.29 is 19.6 Å². The third-order valence-electron chi connectivity index (χ3n) is 5.27. The van der Waals surface area contributed by atoms with Gasteiger partial charge in [-0.05, 0) is 55.5 Å². The lowest BCUT2D eigenvalue weighted by atomic mass is 10.0. The van der Waals surface area contributed by atoms with E-state index in [1.807, 2.05) is 18.7 Å². The third-order valence-corrected chi connectivity index (χ3v) is 5.27. The molecule has 1 amide bonds. The van der Waals surface area contributed by atoms with Gasteiger partial charge in [0.05, 0.1) is 4.92 Å². The first kappa shape index (κ1) is 20.3. The molecule has 1 aliphatic rings. The van der Waals surface area contributed by atoms with Crippen LogP contribution in [0.2, 0.25) is 0 Å². The van der Waals surface area contributed by atoms with Crippen LogP contribution < -0.4 is 10.2 Å². The van der Waals surface area contributed by atoms with Gasteiger partial charge in [-0.3, -0.25) is 14.9 Å². The zero-order valence-electron chi connectivity index (χ0n) is 16.3. The highest BCUT2D eigenvalue weighted by Crippen LogP contribution is 2.32. The third kappa shape index (κ3) is 4.37. The molecule has 0 aliphatic carbocycles. The van der Waals surface area contributed by atoms with E-state index in [4.69, 9.17) is 0 Å². The molecule has 1 fully saturated rings. The molecular formula is C21H23N3O5. The van der Waals surface area contributed by atoms with Crippen LogP contribution in [0.4, 0.5) is 11.4 Å². The maximum absolute atomic E-state index is 12.7. The van der Waals surface area contributed by atoms with Gasteiger partial charge in [0.25, 0.3) is 11.6 Å². The van der Waals surface area contributed by atoms with Crippen molar-refractivity contribution in [1.82, 2.24) is 5.32 Å². The second-order valence-corrected chi connectivity index (χ2v) is 7.24. The zero-order chi connectivity index (χ0) is 21.1. The number of aliphatic carboxylic acids is 1. The van der Waals surface area contributed by atoms with E-state index in [2.05, 4.69) is 5.32 Å². The Hall–Kier alpha value is -3.42. The maximum atomic E-state index is 12.7. The number of carbonyl (C=O) groups excluding carboxylic acids is 1. The highest BCUT2D eigenvalue weighted by molar-refractivity contribution is 5.98. The van der Waals surface area contributed by atoms with Crippen LogP contribution in [0.25, 0.3) is 0 Å². The van der Waals surface area contributed by atoms with E-state index in [1.165, 1.54) is 12.1 Å². The summed E-state index contributed by atoms with van der Waals surface area (Å²) in [6.45, 7) is 5.25. The van der Waals surface area contributed by atoms with Gasteiger partial charge in [0.2, 0.25) is 0 Å². The minimum absolute atomic E-state index is 0.0507. The molecule has 2 N–H and O–H groups in total. The number of carboxylic acid groups (broad SMARTS) is 1. The second kappa shape index (κ2) is 8.30. The van der Waals surface area contributed by atoms with Gasteiger partial charge < -0.3 is 15.3 Å². The lowest BCUT2D eigenvalue weighted by Gasteiger charge is -2.19. The van der Waals surface area contributed by atoms with Gasteiger partial charge in [-0.15, -0.1) is 0 Å². The molecule has 1 saturated heterocycles. The van der Waals surface area contributed by atoms with Gasteiger partial charge in [0.1, 0.15) is 5.69 Å². The van der Waals surface area contributed by atoms with E-state index in [1.54, 1.807) is 24.3 Å². The number of nitro groups is 1. The average molecular weight is 397 g/mol. The number of anilines is 1. The summed E-state index contributed by atoms with van der Waals surface area (Å²) in [5, 5.41) is 23.6. The van der Waals surface area contributed by atoms with Crippen molar-refractivity contribution >= 4 is 23.3 Å². The number of benzene rings is 2. The molecule has 152 valence electrons. The summed E-state index contributed by atoms with van der Waals surface area (Å²) < 4.78 is 0. The number of amides is 1. The number of carbonyl (C=O) groups is 2. The standard InChI is InChI=1S/C21H23N3O5/c1-13-5-6-15(11-14(13)2)19(21(26)27)22-20(25)16-7-8-17(18(12-16)24(28)29)23-9-3-4-10-23/h5-8,11-12,19H,3-4,9-10H2,1-2H3,(H,22,25)(H,26,27). The molecule has 8 nitrogen and oxygen atoms in total. The van der Waals surface area contributed by atoms with Crippen LogP contribution in [0.15, 0.2) is 36.4 Å². The number of carboxylic acids is 1. The van der Waals surface area contributed by atoms with Crippen LogP contribution >= 0.6 is 0 Å². The lowest BCUT2D eigenvalue weighted by molar-refractivity contribution is -0.384. The molecule has 1 atom stereocenters. The fraction of sp³-hybridized carbons (Fsp3) is 0.333. The molecule has 2 aromatic carbocycles. The smallest absolute Gasteiger partial charge is 0.330 e. The Balaban J connectivity index is 1.88. The van der Waals surface area contributed by atoms with Crippen LogP contribution in [0.1, 0.15) is 45.9 Å². The number of nitro benzene ring substituents is 1. The molecule has 8 heteroatoms. The lowest BCUT2D eigenvalue weighted by Crippen LogP contribution is -2.34. The average Bonchev–Trinajstić information content (AvgIpc) is 3.22. The van der Waals surface area contributed by atoms with Crippen molar-refractivity contribution in [3.8, 4) is 0 Å². The van der Waals surface area contributed by atoms with Crippen molar-refractivity contribution in [1.29, 1.82) is 0 Å². The van der Waals surface area contributed by atoms with E-state index >= 15 is 0 Å². The minimum atomic E-state index is -1.25. The van der Waals surface area contributed by atoms with Gasteiger partial charge in [-0.1, -0.05) is 18.2 Å². The molecule has 1 aliphatic heterocycles. The van der Waals surface area contributed by atoms with Gasteiger partial charge in [0.15, 0.2) is 6.04 Å². The van der Waals surface area contributed by atoms with Crippen molar-refractivity contribution in [2.45, 2.75) is 32.7 Å². The SMILES string of the molecule is Cc1ccc(C(NC(=O)c2ccc(N3CCCC3)c([N+](=O)[O-])c2)C(=O)O)cc1C. The first-order valence-electron chi connectivity index (χ1n) is 9.42. The van der Waals surface area contributed by atoms with Crippen molar-refractivity contribution in [3.05, 3.63) is 68.8 Å². The van der Waals surface area contributed by atoms with Gasteiger partial charge in [0, 0.05) is 24.7 Å². The molecule has 0 bridgehead atoms. The number of hydrogen-bond donors (Lipinski definition) is 2. The van der Waals surface area contributed by atoms with E-state index < -0.39 is 22.8 Å². The first-order chi connectivity index (χ1) is 13.8. The normalized spacial score (nSPS) is 14.5. The predicted octanol–water partition coefficient (Wildman–Crippen LogP) is 3.37. The molecule has 29 heavy (non-hydrogen) atoms. The highest BCUT2D eigenvalue weighted by Gasteiger charge is 2.27. The Kier molecular flexibility index (Phi) is 5.81. The predicted molar refractivity (Wildman–Crippen MR) is 108 cm³/mol. The second-order valence-electron chi connectivity index (χ2n) is 7.24. The Morgan fingerprint density at radius 1 is 1.10 bits per heavy atom. The Bertz CT molecular complexity index is 967. The summed E-state index contributed by atoms with van der Waals surface area (Å²) in [5.41, 5.74) is 2.74. The van der Waals surface area contributed by atoms with Crippen LogP contribution in [-0.2, 0) is 4.79 Å². The molecule has 0 spiro atoms. The van der Waals surface area contributed by atoms with E-state index in [9.17, 15) is 24.8 Å². The molecule has 1 unspecified atom stereocenters. The van der Waals surface area contributed by atoms with Crippen molar-refractivity contribution in [3.63, 3.8) is 0 Å². The summed E-state index contributed by atoms with van der Waals surface area (Å²) >= 11 is 0. The Morgan fingerprint density at radius 2 is 1.79 bits per heavy atom. The largest absolute Gasteiger partial charge is 0.479 e. The van der Waals surface area contributed by atoms with Crippen LogP contribution in [-0.4, -0.2) is 35.0 Å². The topological polar surface area (TPSA) is 113 Å². The molecule has 0 aromatic heterocycles. The molecule has 0 saturated carbocycles. The van der Waals surface area contributed by atoms with Crippen molar-refractivity contribution in [2.75, 3.05) is 18.0 Å². The number of nitrogens with one attached hydrogen (secondary N) is 1. The van der Waals surface area contributed by atoms with E-state index in [0.717, 1.165) is 37.1 Å². The van der Waals surface area contributed by atoms with Gasteiger partial charge in [-0.2, -0.15) is 0 Å². The number of hydrogen-bond acceptors (Lipinski definition) is 5. The van der Waals surface area contributed by atoms with Crippen LogP contribution in [0.3, 0.4) is 0 Å². The highest BCUT2D eigenvalue weighted by atomic mass is 16.6. The van der Waals surface area contributed by atoms with Gasteiger partial charge >= 0.3 is 5.97 Å². The van der Waals surface area contributed by atoms with Crippen LogP contribution in [0.5, 0.6) is 0 Å². The maximum Gasteiger partial charge on any atom is 0.330 e. The molecular weight excluding hydrogens is 374 g/mol. The quantitative estimate of drug-likeness (QED) is 0.571.